The number of primary amides is 1. The van der Waals surface area contributed by atoms with Crippen molar-refractivity contribution in [3.05, 3.63) is 82.0 Å². The van der Waals surface area contributed by atoms with E-state index in [1.54, 1.807) is 47.8 Å². The molecule has 4 rings (SSSR count). The lowest BCUT2D eigenvalue weighted by atomic mass is 10.0. The van der Waals surface area contributed by atoms with Crippen molar-refractivity contribution in [2.75, 3.05) is 5.32 Å². The Balaban J connectivity index is 1.86. The first-order chi connectivity index (χ1) is 14.0. The van der Waals surface area contributed by atoms with Gasteiger partial charge in [0.15, 0.2) is 0 Å². The summed E-state index contributed by atoms with van der Waals surface area (Å²) >= 11 is 1.30. The van der Waals surface area contributed by atoms with Gasteiger partial charge in [-0.05, 0) is 41.8 Å². The third kappa shape index (κ3) is 3.26. The summed E-state index contributed by atoms with van der Waals surface area (Å²) in [5.74, 6) is -1.43. The van der Waals surface area contributed by atoms with Gasteiger partial charge in [-0.3, -0.25) is 9.59 Å². The molecule has 0 aliphatic rings. The molecule has 4 N–H and O–H groups in total. The van der Waals surface area contributed by atoms with Gasteiger partial charge < -0.3 is 16.2 Å². The predicted octanol–water partition coefficient (Wildman–Crippen LogP) is 3.82. The maximum absolute atomic E-state index is 12.9. The van der Waals surface area contributed by atoms with Gasteiger partial charge in [-0.2, -0.15) is 0 Å². The smallest absolute Gasteiger partial charge is 0.326 e. The van der Waals surface area contributed by atoms with Crippen molar-refractivity contribution in [1.82, 2.24) is 4.57 Å². The standard InChI is InChI=1S/C21H15N3O4S/c22-21(28)24-15-9-8-12(18(25)16-7-4-10-29-16)11-14(15)17(20(24)27)19(26)23-13-5-2-1-3-6-13/h1-11,27H,(H2,22,28)(H,23,26). The number of nitrogens with two attached hydrogens (primary N) is 1. The fourth-order valence-electron chi connectivity index (χ4n) is 3.13. The van der Waals surface area contributed by atoms with Crippen LogP contribution in [0.5, 0.6) is 5.88 Å². The normalized spacial score (nSPS) is 10.8. The molecule has 2 aromatic carbocycles. The molecule has 0 atom stereocenters. The number of ketones is 1. The van der Waals surface area contributed by atoms with Crippen LogP contribution in [0, 0.1) is 0 Å². The predicted molar refractivity (Wildman–Crippen MR) is 111 cm³/mol. The van der Waals surface area contributed by atoms with Crippen LogP contribution in [0.25, 0.3) is 10.9 Å². The third-order valence-electron chi connectivity index (χ3n) is 4.43. The monoisotopic (exact) mass is 405 g/mol. The Morgan fingerprint density at radius 2 is 1.76 bits per heavy atom. The largest absolute Gasteiger partial charge is 0.494 e. The average Bonchev–Trinajstić information content (AvgIpc) is 3.33. The van der Waals surface area contributed by atoms with E-state index in [9.17, 15) is 19.5 Å². The fraction of sp³-hybridized carbons (Fsp3) is 0. The van der Waals surface area contributed by atoms with E-state index in [1.165, 1.54) is 29.5 Å². The molecule has 4 aromatic rings. The van der Waals surface area contributed by atoms with Crippen LogP contribution in [-0.2, 0) is 0 Å². The van der Waals surface area contributed by atoms with Crippen LogP contribution in [0.3, 0.4) is 0 Å². The van der Waals surface area contributed by atoms with Gasteiger partial charge >= 0.3 is 6.03 Å². The van der Waals surface area contributed by atoms with E-state index in [1.807, 2.05) is 0 Å². The lowest BCUT2D eigenvalue weighted by Gasteiger charge is -2.05. The van der Waals surface area contributed by atoms with Crippen molar-refractivity contribution < 1.29 is 19.5 Å². The molecule has 7 nitrogen and oxygen atoms in total. The number of aromatic hydroxyl groups is 1. The first kappa shape index (κ1) is 18.5. The molecular formula is C21H15N3O4S. The number of nitrogens with one attached hydrogen (secondary N) is 1. The Morgan fingerprint density at radius 3 is 2.41 bits per heavy atom. The number of thiophene rings is 1. The number of rotatable bonds is 4. The number of hydrogen-bond donors (Lipinski definition) is 3. The summed E-state index contributed by atoms with van der Waals surface area (Å²) in [7, 11) is 0. The van der Waals surface area contributed by atoms with E-state index in [2.05, 4.69) is 5.32 Å². The Bertz CT molecular complexity index is 1240. The summed E-state index contributed by atoms with van der Waals surface area (Å²) in [6.45, 7) is 0. The molecule has 0 saturated heterocycles. The first-order valence-electron chi connectivity index (χ1n) is 8.59. The third-order valence-corrected chi connectivity index (χ3v) is 5.30. The molecule has 8 heteroatoms. The zero-order valence-corrected chi connectivity index (χ0v) is 15.8. The van der Waals surface area contributed by atoms with Crippen LogP contribution in [0.2, 0.25) is 0 Å². The van der Waals surface area contributed by atoms with Crippen LogP contribution >= 0.6 is 11.3 Å². The van der Waals surface area contributed by atoms with Crippen LogP contribution in [-0.4, -0.2) is 27.4 Å². The van der Waals surface area contributed by atoms with E-state index in [4.69, 9.17) is 5.73 Å². The molecule has 0 unspecified atom stereocenters. The molecule has 0 bridgehead atoms. The molecule has 0 fully saturated rings. The molecule has 0 aliphatic heterocycles. The van der Waals surface area contributed by atoms with Gasteiger partial charge in [0.25, 0.3) is 5.91 Å². The summed E-state index contributed by atoms with van der Waals surface area (Å²) in [6.07, 6.45) is 0. The summed E-state index contributed by atoms with van der Waals surface area (Å²) in [5, 5.41) is 15.3. The Hall–Kier alpha value is -3.91. The number of anilines is 1. The number of amides is 2. The van der Waals surface area contributed by atoms with Crippen molar-refractivity contribution >= 4 is 45.6 Å². The summed E-state index contributed by atoms with van der Waals surface area (Å²) in [5.41, 5.74) is 6.33. The zero-order chi connectivity index (χ0) is 20.5. The lowest BCUT2D eigenvalue weighted by molar-refractivity contribution is 0.102. The molecule has 0 saturated carbocycles. The molecular weight excluding hydrogens is 390 g/mol. The van der Waals surface area contributed by atoms with Crippen molar-refractivity contribution in [1.29, 1.82) is 0 Å². The van der Waals surface area contributed by atoms with Gasteiger partial charge in [0.05, 0.1) is 10.4 Å². The quantitative estimate of drug-likeness (QED) is 0.448. The molecule has 2 aromatic heterocycles. The molecule has 0 spiro atoms. The van der Waals surface area contributed by atoms with Crippen LogP contribution in [0.4, 0.5) is 10.5 Å². The second kappa shape index (κ2) is 7.25. The van der Waals surface area contributed by atoms with Crippen molar-refractivity contribution in [2.45, 2.75) is 0 Å². The minimum atomic E-state index is -0.941. The number of aromatic nitrogens is 1. The minimum absolute atomic E-state index is 0.136. The number of benzene rings is 2. The van der Waals surface area contributed by atoms with E-state index in [0.717, 1.165) is 4.57 Å². The van der Waals surface area contributed by atoms with Gasteiger partial charge in [-0.1, -0.05) is 24.3 Å². The van der Waals surface area contributed by atoms with E-state index >= 15 is 0 Å². The van der Waals surface area contributed by atoms with E-state index in [0.29, 0.717) is 16.1 Å². The topological polar surface area (TPSA) is 114 Å². The van der Waals surface area contributed by atoms with E-state index < -0.39 is 17.8 Å². The molecule has 144 valence electrons. The maximum atomic E-state index is 12.9. The number of carbonyl (C=O) groups is 3. The SMILES string of the molecule is NC(=O)n1c(O)c(C(=O)Nc2ccccc2)c2cc(C(=O)c3cccs3)ccc21. The number of nitrogens with zero attached hydrogens (tertiary/aromatic N) is 1. The van der Waals surface area contributed by atoms with Crippen LogP contribution in [0.15, 0.2) is 66.0 Å². The second-order valence-electron chi connectivity index (χ2n) is 6.23. The summed E-state index contributed by atoms with van der Waals surface area (Å²) in [6, 6.07) is 15.7. The Morgan fingerprint density at radius 1 is 1.00 bits per heavy atom. The second-order valence-corrected chi connectivity index (χ2v) is 7.18. The molecule has 0 aliphatic carbocycles. The van der Waals surface area contributed by atoms with Crippen LogP contribution in [0.1, 0.15) is 25.6 Å². The number of hydrogen-bond acceptors (Lipinski definition) is 5. The number of para-hydroxylation sites is 1. The molecule has 0 radical (unpaired) electrons. The summed E-state index contributed by atoms with van der Waals surface area (Å²) < 4.78 is 0.842. The van der Waals surface area contributed by atoms with Gasteiger partial charge in [0.2, 0.25) is 11.7 Å². The van der Waals surface area contributed by atoms with Crippen molar-refractivity contribution in [2.24, 2.45) is 5.73 Å². The Labute approximate surface area is 169 Å². The molecule has 29 heavy (non-hydrogen) atoms. The molecule has 2 heterocycles. The number of fused-ring (bicyclic) bond motifs is 1. The van der Waals surface area contributed by atoms with Gasteiger partial charge in [0.1, 0.15) is 5.56 Å². The highest BCUT2D eigenvalue weighted by Crippen LogP contribution is 2.33. The Kier molecular flexibility index (Phi) is 4.61. The van der Waals surface area contributed by atoms with Gasteiger partial charge in [-0.15, -0.1) is 11.3 Å². The number of carbonyl (C=O) groups excluding carboxylic acids is 3. The zero-order valence-electron chi connectivity index (χ0n) is 15.0. The minimum Gasteiger partial charge on any atom is -0.494 e. The summed E-state index contributed by atoms with van der Waals surface area (Å²) in [4.78, 5) is 38.0. The molecule has 2 amide bonds. The van der Waals surface area contributed by atoms with Crippen molar-refractivity contribution in [3.63, 3.8) is 0 Å². The van der Waals surface area contributed by atoms with Gasteiger partial charge in [-0.25, -0.2) is 9.36 Å². The highest BCUT2D eigenvalue weighted by Gasteiger charge is 2.26. The fourth-order valence-corrected chi connectivity index (χ4v) is 3.82. The highest BCUT2D eigenvalue weighted by molar-refractivity contribution is 7.12. The van der Waals surface area contributed by atoms with Gasteiger partial charge in [0, 0.05) is 16.6 Å². The van der Waals surface area contributed by atoms with Crippen molar-refractivity contribution in [3.8, 4) is 5.88 Å². The van der Waals surface area contributed by atoms with Crippen LogP contribution < -0.4 is 11.1 Å². The first-order valence-corrected chi connectivity index (χ1v) is 9.47. The maximum Gasteiger partial charge on any atom is 0.326 e. The average molecular weight is 405 g/mol. The lowest BCUT2D eigenvalue weighted by Crippen LogP contribution is -2.19. The van der Waals surface area contributed by atoms with E-state index in [-0.39, 0.29) is 22.2 Å². The highest BCUT2D eigenvalue weighted by atomic mass is 32.1.